The summed E-state index contributed by atoms with van der Waals surface area (Å²) in [5.41, 5.74) is 8.55. The lowest BCUT2D eigenvalue weighted by molar-refractivity contribution is -0.138. The fraction of sp³-hybridized carbons (Fsp3) is 0.400. The monoisotopic (exact) mass is 1360 g/mol. The number of amides is 9. The molecule has 0 aromatic heterocycles. The molecule has 9 aliphatic rings. The zero-order valence-electron chi connectivity index (χ0n) is 66.0. The molecule has 24 nitrogen and oxygen atoms in total. The maximum absolute atomic E-state index is 13.2. The van der Waals surface area contributed by atoms with E-state index >= 15 is 0 Å². The molecule has 9 heterocycles. The van der Waals surface area contributed by atoms with Crippen LogP contribution in [0.15, 0.2) is 127 Å². The molecule has 6 aromatic carbocycles. The van der Waals surface area contributed by atoms with Crippen LogP contribution in [0.1, 0.15) is 136 Å². The number of fused-ring (bicyclic) bond motifs is 3. The van der Waals surface area contributed by atoms with Gasteiger partial charge in [0.2, 0.25) is 35.4 Å². The van der Waals surface area contributed by atoms with Crippen LogP contribution in [0.4, 0.5) is 0 Å². The average molecular weight is 1360 g/mol. The van der Waals surface area contributed by atoms with Gasteiger partial charge in [0, 0.05) is 128 Å². The van der Waals surface area contributed by atoms with Crippen LogP contribution in [0.5, 0.6) is 17.2 Å². The number of hydrogen-bond donors (Lipinski definition) is 3. The minimum atomic E-state index is -2.99. The van der Waals surface area contributed by atoms with Crippen LogP contribution in [0.2, 0.25) is 0 Å². The molecule has 6 aromatic rings. The van der Waals surface area contributed by atoms with Crippen molar-refractivity contribution in [3.8, 4) is 17.2 Å². The third-order valence-electron chi connectivity index (χ3n) is 18.0. The Kier molecular flexibility index (Phi) is 17.2. The highest BCUT2D eigenvalue weighted by molar-refractivity contribution is 6.08. The maximum Gasteiger partial charge on any atom is 0.255 e. The van der Waals surface area contributed by atoms with Crippen LogP contribution < -0.4 is 30.2 Å². The SMILES string of the molecule is [2H]C1([2H])C(=O)NC(=O)C(N2Cc3c(OCc4ccc(CN5CCOCC5)cc4)cccc3C2=O)C1([2H])[2H].[2H]C1([2H])C(=O)NC(=O)[C@@H](N2Cc3c(OCc4ccc(CN5CCOCC5)cc4)cccc3C2=O)C1([2H])[2H].[2H]C1([2H])C(=O)NC(=O)[C@H](N2Cc3c(OCc4ccc(CN5CCOCC5)cc4)cccc3C2=O)C1([2H])[2H]. The molecule has 3 N–H and O–H groups in total. The number of nitrogens with one attached hydrogen (secondary N) is 3. The quantitative estimate of drug-likeness (QED) is 0.0887. The van der Waals surface area contributed by atoms with E-state index in [0.29, 0.717) is 33.9 Å². The van der Waals surface area contributed by atoms with Gasteiger partial charge in [-0.25, -0.2) is 0 Å². The van der Waals surface area contributed by atoms with Crippen molar-refractivity contribution in [3.05, 3.63) is 194 Å². The molecule has 24 heteroatoms. The van der Waals surface area contributed by atoms with Gasteiger partial charge in [-0.2, -0.15) is 0 Å². The molecular formula is C75H81N9O15. The van der Waals surface area contributed by atoms with Crippen molar-refractivity contribution in [2.45, 2.75) is 115 Å². The van der Waals surface area contributed by atoms with Gasteiger partial charge in [0.25, 0.3) is 17.7 Å². The number of morpholine rings is 3. The standard InChI is InChI=1S/3C25H27N3O5/c3*29-23-9-8-21(24(30)26-23)28-15-20-19(25(28)31)2-1-3-22(20)33-16-18-6-4-17(5-7-18)14-27-10-12-32-13-11-27/h3*1-7,21H,8-16H2,(H,26,29,30)/t2*21-;/m10./s1/i3*8D2,9D2. The van der Waals surface area contributed by atoms with Gasteiger partial charge in [0.15, 0.2) is 0 Å². The van der Waals surface area contributed by atoms with E-state index in [1.54, 1.807) is 54.6 Å². The van der Waals surface area contributed by atoms with Gasteiger partial charge >= 0.3 is 0 Å². The first-order valence-electron chi connectivity index (χ1n) is 38.6. The van der Waals surface area contributed by atoms with Crippen molar-refractivity contribution >= 4 is 53.2 Å². The summed E-state index contributed by atoms with van der Waals surface area (Å²) in [4.78, 5) is 123. The Balaban J connectivity index is 0.000000146. The third-order valence-corrected chi connectivity index (χ3v) is 18.0. The van der Waals surface area contributed by atoms with Crippen LogP contribution in [0.25, 0.3) is 0 Å². The Labute approximate surface area is 590 Å². The molecule has 516 valence electrons. The predicted octanol–water partition coefficient (Wildman–Crippen LogP) is 5.58. The summed E-state index contributed by atoms with van der Waals surface area (Å²) in [6.45, 7) is 12.7. The zero-order chi connectivity index (χ0) is 79.1. The molecule has 1 unspecified atom stereocenters. The van der Waals surface area contributed by atoms with Crippen LogP contribution in [-0.4, -0.2) is 180 Å². The van der Waals surface area contributed by atoms with Crippen molar-refractivity contribution < 1.29 is 88.0 Å². The largest absolute Gasteiger partial charge is 0.489 e. The number of rotatable bonds is 18. The first-order chi connectivity index (χ1) is 52.8. The number of carbonyl (C=O) groups is 9. The van der Waals surface area contributed by atoms with E-state index in [4.69, 9.17) is 44.9 Å². The molecule has 15 rings (SSSR count). The van der Waals surface area contributed by atoms with Crippen LogP contribution in [0, 0.1) is 0 Å². The molecule has 0 radical (unpaired) electrons. The Morgan fingerprint density at radius 3 is 0.869 bits per heavy atom. The van der Waals surface area contributed by atoms with E-state index in [1.165, 1.54) is 16.7 Å². The minimum Gasteiger partial charge on any atom is -0.489 e. The maximum atomic E-state index is 13.2. The number of hydrogen-bond acceptors (Lipinski definition) is 18. The Morgan fingerprint density at radius 1 is 0.354 bits per heavy atom. The molecule has 99 heavy (non-hydrogen) atoms. The number of carbonyl (C=O) groups excluding carboxylic acids is 9. The second kappa shape index (κ2) is 31.4. The van der Waals surface area contributed by atoms with Crippen molar-refractivity contribution in [1.29, 1.82) is 0 Å². The lowest BCUT2D eigenvalue weighted by atomic mass is 10.0. The average Bonchev–Trinajstić information content (AvgIpc) is 1.70. The van der Waals surface area contributed by atoms with Crippen molar-refractivity contribution in [2.75, 3.05) is 78.9 Å². The number of ether oxygens (including phenoxy) is 6. The van der Waals surface area contributed by atoms with Gasteiger partial charge < -0.3 is 43.1 Å². The van der Waals surface area contributed by atoms with E-state index in [9.17, 15) is 43.2 Å². The van der Waals surface area contributed by atoms with Crippen LogP contribution in [0.3, 0.4) is 0 Å². The Hall–Kier alpha value is -9.69. The van der Waals surface area contributed by atoms with Gasteiger partial charge in [0.1, 0.15) is 55.2 Å². The second-order valence-electron chi connectivity index (χ2n) is 24.6. The van der Waals surface area contributed by atoms with Crippen LogP contribution in [-0.2, 0) is 102 Å². The summed E-state index contributed by atoms with van der Waals surface area (Å²) in [7, 11) is 0. The molecule has 6 fully saturated rings. The highest BCUT2D eigenvalue weighted by atomic mass is 16.5. The number of imide groups is 3. The lowest BCUT2D eigenvalue weighted by Gasteiger charge is -2.29. The predicted molar refractivity (Wildman–Crippen MR) is 358 cm³/mol. The normalized spacial score (nSPS) is 26.0. The van der Waals surface area contributed by atoms with E-state index in [1.807, 2.05) is 88.7 Å². The fourth-order valence-electron chi connectivity index (χ4n) is 12.7. The molecule has 0 saturated carbocycles. The van der Waals surface area contributed by atoms with E-state index in [0.717, 1.165) is 130 Å². The number of benzene rings is 6. The first-order valence-corrected chi connectivity index (χ1v) is 32.6. The van der Waals surface area contributed by atoms with Gasteiger partial charge in [-0.05, 0) is 88.9 Å². The number of nitrogens with zero attached hydrogens (tertiary/aromatic N) is 6. The summed E-state index contributed by atoms with van der Waals surface area (Å²) in [5, 5.41) is 5.59. The Bertz CT molecular complexity index is 4150. The molecule has 3 atom stereocenters. The molecule has 9 amide bonds. The topological polar surface area (TPSA) is 265 Å². The lowest BCUT2D eigenvalue weighted by Crippen LogP contribution is -2.52. The first kappa shape index (κ1) is 54.2. The summed E-state index contributed by atoms with van der Waals surface area (Å²) >= 11 is 0. The highest BCUT2D eigenvalue weighted by Crippen LogP contribution is 2.37. The molecule has 0 spiro atoms. The van der Waals surface area contributed by atoms with Gasteiger partial charge in [-0.3, -0.25) is 73.8 Å². The minimum absolute atomic E-state index is 0.148. The molecule has 0 bridgehead atoms. The molecule has 6 saturated heterocycles. The summed E-state index contributed by atoms with van der Waals surface area (Å²) in [5.74, 6) is -7.84. The third kappa shape index (κ3) is 16.4. The van der Waals surface area contributed by atoms with Gasteiger partial charge in [-0.15, -0.1) is 0 Å². The second-order valence-corrected chi connectivity index (χ2v) is 24.6. The van der Waals surface area contributed by atoms with E-state index in [-0.39, 0.29) is 56.1 Å². The highest BCUT2D eigenvalue weighted by Gasteiger charge is 2.43. The summed E-state index contributed by atoms with van der Waals surface area (Å²) in [6, 6.07) is 33.4. The van der Waals surface area contributed by atoms with E-state index < -0.39 is 110 Å². The van der Waals surface area contributed by atoms with Crippen molar-refractivity contribution in [3.63, 3.8) is 0 Å². The Morgan fingerprint density at radius 2 is 0.606 bits per heavy atom. The fourth-order valence-corrected chi connectivity index (χ4v) is 12.7. The van der Waals surface area contributed by atoms with Crippen molar-refractivity contribution in [1.82, 2.24) is 45.3 Å². The summed E-state index contributed by atoms with van der Waals surface area (Å²) in [6.07, 6.45) is -17.7. The number of piperidine rings is 3. The van der Waals surface area contributed by atoms with Gasteiger partial charge in [-0.1, -0.05) is 91.0 Å². The van der Waals surface area contributed by atoms with Crippen molar-refractivity contribution in [2.24, 2.45) is 0 Å². The molecule has 9 aliphatic heterocycles. The zero-order valence-corrected chi connectivity index (χ0v) is 54.0. The smallest absolute Gasteiger partial charge is 0.255 e. The summed E-state index contributed by atoms with van der Waals surface area (Å²) < 4.78 is 131. The van der Waals surface area contributed by atoms with Gasteiger partial charge in [0.05, 0.1) is 59.3 Å². The molecular weight excluding hydrogens is 1270 g/mol. The van der Waals surface area contributed by atoms with Crippen LogP contribution >= 0.6 is 0 Å². The van der Waals surface area contributed by atoms with E-state index in [2.05, 4.69) is 14.7 Å². The molecule has 0 aliphatic carbocycles.